The van der Waals surface area contributed by atoms with Gasteiger partial charge < -0.3 is 10.5 Å². The van der Waals surface area contributed by atoms with Crippen LogP contribution >= 0.6 is 15.9 Å². The fraction of sp³-hybridized carbons (Fsp3) is 0.294. The number of hydrogen-bond donors (Lipinski definition) is 1. The SMILES string of the molecule is Cc1cccc(C)c1COc1c(C)cc(Br)cc1CN. The van der Waals surface area contributed by atoms with Crippen molar-refractivity contribution in [3.8, 4) is 5.75 Å². The number of nitrogens with two attached hydrogens (primary N) is 1. The highest BCUT2D eigenvalue weighted by Gasteiger charge is 2.10. The van der Waals surface area contributed by atoms with Gasteiger partial charge in [-0.25, -0.2) is 0 Å². The van der Waals surface area contributed by atoms with Crippen molar-refractivity contribution in [1.82, 2.24) is 0 Å². The van der Waals surface area contributed by atoms with Crippen LogP contribution in [0.3, 0.4) is 0 Å². The highest BCUT2D eigenvalue weighted by Crippen LogP contribution is 2.29. The molecule has 0 aliphatic rings. The quantitative estimate of drug-likeness (QED) is 0.899. The maximum Gasteiger partial charge on any atom is 0.127 e. The van der Waals surface area contributed by atoms with E-state index in [0.717, 1.165) is 21.3 Å². The van der Waals surface area contributed by atoms with Gasteiger partial charge in [-0.3, -0.25) is 0 Å². The van der Waals surface area contributed by atoms with E-state index in [1.54, 1.807) is 0 Å². The van der Waals surface area contributed by atoms with Crippen LogP contribution in [0.4, 0.5) is 0 Å². The van der Waals surface area contributed by atoms with E-state index in [9.17, 15) is 0 Å². The Kier molecular flexibility index (Phi) is 4.84. The zero-order valence-electron chi connectivity index (χ0n) is 12.2. The molecule has 0 unspecified atom stereocenters. The molecule has 0 amide bonds. The summed E-state index contributed by atoms with van der Waals surface area (Å²) >= 11 is 3.50. The van der Waals surface area contributed by atoms with Gasteiger partial charge in [0.2, 0.25) is 0 Å². The summed E-state index contributed by atoms with van der Waals surface area (Å²) in [5.74, 6) is 0.901. The predicted octanol–water partition coefficient (Wildman–Crippen LogP) is 4.41. The van der Waals surface area contributed by atoms with Gasteiger partial charge >= 0.3 is 0 Å². The highest BCUT2D eigenvalue weighted by molar-refractivity contribution is 9.10. The summed E-state index contributed by atoms with van der Waals surface area (Å²) < 4.78 is 7.10. The Bertz CT molecular complexity index is 602. The van der Waals surface area contributed by atoms with Gasteiger partial charge in [-0.05, 0) is 55.2 Å². The Morgan fingerprint density at radius 1 is 1.05 bits per heavy atom. The van der Waals surface area contributed by atoms with E-state index in [0.29, 0.717) is 13.2 Å². The maximum absolute atomic E-state index is 6.06. The third kappa shape index (κ3) is 3.22. The molecule has 2 rings (SSSR count). The molecule has 2 N–H and O–H groups in total. The third-order valence-corrected chi connectivity index (χ3v) is 4.00. The molecule has 0 heterocycles. The summed E-state index contributed by atoms with van der Waals surface area (Å²) in [5.41, 5.74) is 11.7. The first-order chi connectivity index (χ1) is 9.52. The molecular formula is C17H20BrNO. The number of aryl methyl sites for hydroxylation is 3. The average molecular weight is 334 g/mol. The highest BCUT2D eigenvalue weighted by atomic mass is 79.9. The molecule has 106 valence electrons. The van der Waals surface area contributed by atoms with Crippen molar-refractivity contribution in [1.29, 1.82) is 0 Å². The van der Waals surface area contributed by atoms with E-state index in [2.05, 4.69) is 54.0 Å². The van der Waals surface area contributed by atoms with Crippen LogP contribution in [0.2, 0.25) is 0 Å². The predicted molar refractivity (Wildman–Crippen MR) is 87.0 cm³/mol. The van der Waals surface area contributed by atoms with E-state index < -0.39 is 0 Å². The van der Waals surface area contributed by atoms with Crippen LogP contribution in [0.1, 0.15) is 27.8 Å². The molecule has 0 bridgehead atoms. The van der Waals surface area contributed by atoms with E-state index in [4.69, 9.17) is 10.5 Å². The molecule has 0 spiro atoms. The third-order valence-electron chi connectivity index (χ3n) is 3.54. The van der Waals surface area contributed by atoms with Crippen molar-refractivity contribution < 1.29 is 4.74 Å². The molecular weight excluding hydrogens is 314 g/mol. The molecule has 2 aromatic carbocycles. The van der Waals surface area contributed by atoms with Crippen LogP contribution in [-0.4, -0.2) is 0 Å². The zero-order chi connectivity index (χ0) is 14.7. The molecule has 2 nitrogen and oxygen atoms in total. The first-order valence-electron chi connectivity index (χ1n) is 6.70. The molecule has 0 saturated heterocycles. The van der Waals surface area contributed by atoms with Gasteiger partial charge in [0, 0.05) is 16.6 Å². The number of halogens is 1. The lowest BCUT2D eigenvalue weighted by molar-refractivity contribution is 0.299. The molecule has 0 atom stereocenters. The molecule has 0 aliphatic carbocycles. The monoisotopic (exact) mass is 333 g/mol. The van der Waals surface area contributed by atoms with E-state index in [1.165, 1.54) is 16.7 Å². The second-order valence-electron chi connectivity index (χ2n) is 5.07. The summed E-state index contributed by atoms with van der Waals surface area (Å²) in [6.07, 6.45) is 0. The Morgan fingerprint density at radius 2 is 1.70 bits per heavy atom. The molecule has 0 fully saturated rings. The van der Waals surface area contributed by atoms with Crippen molar-refractivity contribution in [2.24, 2.45) is 5.73 Å². The van der Waals surface area contributed by atoms with Crippen molar-refractivity contribution in [3.05, 3.63) is 62.6 Å². The van der Waals surface area contributed by atoms with Crippen LogP contribution in [0.25, 0.3) is 0 Å². The molecule has 0 saturated carbocycles. The first kappa shape index (κ1) is 15.1. The first-order valence-corrected chi connectivity index (χ1v) is 7.49. The van der Waals surface area contributed by atoms with Crippen LogP contribution in [0.15, 0.2) is 34.8 Å². The molecule has 0 radical (unpaired) electrons. The summed E-state index contributed by atoms with van der Waals surface area (Å²) in [5, 5.41) is 0. The maximum atomic E-state index is 6.06. The van der Waals surface area contributed by atoms with Gasteiger partial charge in [-0.15, -0.1) is 0 Å². The largest absolute Gasteiger partial charge is 0.488 e. The summed E-state index contributed by atoms with van der Waals surface area (Å²) in [7, 11) is 0. The molecule has 2 aromatic rings. The molecule has 0 aliphatic heterocycles. The van der Waals surface area contributed by atoms with Crippen molar-refractivity contribution in [3.63, 3.8) is 0 Å². The van der Waals surface area contributed by atoms with Crippen LogP contribution < -0.4 is 10.5 Å². The number of benzene rings is 2. The van der Waals surface area contributed by atoms with Gasteiger partial charge in [0.25, 0.3) is 0 Å². The van der Waals surface area contributed by atoms with Gasteiger partial charge in [0.15, 0.2) is 0 Å². The van der Waals surface area contributed by atoms with Crippen LogP contribution in [-0.2, 0) is 13.2 Å². The second kappa shape index (κ2) is 6.42. The van der Waals surface area contributed by atoms with Gasteiger partial charge in [0.05, 0.1) is 0 Å². The normalized spacial score (nSPS) is 10.7. The van der Waals surface area contributed by atoms with E-state index >= 15 is 0 Å². The molecule has 20 heavy (non-hydrogen) atoms. The van der Waals surface area contributed by atoms with Crippen LogP contribution in [0, 0.1) is 20.8 Å². The molecule has 0 aromatic heterocycles. The van der Waals surface area contributed by atoms with Gasteiger partial charge in [0.1, 0.15) is 12.4 Å². The smallest absolute Gasteiger partial charge is 0.127 e. The Hall–Kier alpha value is -1.32. The lowest BCUT2D eigenvalue weighted by Crippen LogP contribution is -2.06. The lowest BCUT2D eigenvalue weighted by atomic mass is 10.0. The standard InChI is InChI=1S/C17H20BrNO/c1-11-5-4-6-12(2)16(11)10-20-17-13(3)7-15(18)8-14(17)9-19/h4-8H,9-10,19H2,1-3H3. The average Bonchev–Trinajstić information content (AvgIpc) is 2.39. The minimum atomic E-state index is 0.475. The summed E-state index contributed by atoms with van der Waals surface area (Å²) in [4.78, 5) is 0. The minimum absolute atomic E-state index is 0.475. The number of rotatable bonds is 4. The van der Waals surface area contributed by atoms with Crippen LogP contribution in [0.5, 0.6) is 5.75 Å². The Balaban J connectivity index is 2.27. The Labute approximate surface area is 129 Å². The van der Waals surface area contributed by atoms with E-state index in [-0.39, 0.29) is 0 Å². The molecule has 3 heteroatoms. The zero-order valence-corrected chi connectivity index (χ0v) is 13.8. The van der Waals surface area contributed by atoms with E-state index in [1.807, 2.05) is 13.0 Å². The minimum Gasteiger partial charge on any atom is -0.488 e. The summed E-state index contributed by atoms with van der Waals surface area (Å²) in [6, 6.07) is 10.4. The van der Waals surface area contributed by atoms with Crippen molar-refractivity contribution in [2.75, 3.05) is 0 Å². The fourth-order valence-electron chi connectivity index (χ4n) is 2.38. The van der Waals surface area contributed by atoms with Gasteiger partial charge in [-0.2, -0.15) is 0 Å². The lowest BCUT2D eigenvalue weighted by Gasteiger charge is -2.16. The topological polar surface area (TPSA) is 35.2 Å². The van der Waals surface area contributed by atoms with Gasteiger partial charge in [-0.1, -0.05) is 34.1 Å². The number of hydrogen-bond acceptors (Lipinski definition) is 2. The number of ether oxygens (including phenoxy) is 1. The van der Waals surface area contributed by atoms with Crippen molar-refractivity contribution in [2.45, 2.75) is 33.9 Å². The fourth-order valence-corrected chi connectivity index (χ4v) is 3.00. The second-order valence-corrected chi connectivity index (χ2v) is 5.99. The summed E-state index contributed by atoms with van der Waals surface area (Å²) in [6.45, 7) is 7.33. The van der Waals surface area contributed by atoms with Crippen molar-refractivity contribution >= 4 is 15.9 Å². The Morgan fingerprint density at radius 3 is 2.30 bits per heavy atom.